The number of ketones is 1. The van der Waals surface area contributed by atoms with Crippen LogP contribution in [0.2, 0.25) is 0 Å². The van der Waals surface area contributed by atoms with Crippen LogP contribution in [0, 0.1) is 23.2 Å². The molecule has 1 aromatic rings. The van der Waals surface area contributed by atoms with Gasteiger partial charge in [0.1, 0.15) is 24.2 Å². The molecule has 3 N–H and O–H groups in total. The highest BCUT2D eigenvalue weighted by Crippen LogP contribution is 2.34. The zero-order chi connectivity index (χ0) is 48.5. The fourth-order valence-corrected chi connectivity index (χ4v) is 9.50. The van der Waals surface area contributed by atoms with E-state index in [4.69, 9.17) is 18.9 Å². The predicted octanol–water partition coefficient (Wildman–Crippen LogP) is 5.67. The maximum Gasteiger partial charge on any atom is 0.331 e. The van der Waals surface area contributed by atoms with Crippen LogP contribution in [-0.4, -0.2) is 146 Å². The summed E-state index contributed by atoms with van der Waals surface area (Å²) in [5.41, 5.74) is -0.301. The third-order valence-corrected chi connectivity index (χ3v) is 13.8. The van der Waals surface area contributed by atoms with Gasteiger partial charge in [0.05, 0.1) is 57.0 Å². The standard InChI is InChI=1S/C49H78N4O11S/c1-12-39(54)35-15-13-34(14-16-35)31-53-41(55)30-40(45(53)57)65-28-27-63-24-23-61-21-22-62-25-26-64-37-19-17-36(18-20-37)49(8,9)42(50-10)44(56)51-43(48(5,6)7)46(58)52(11)38(32(2)3)29-33(4)47(59)60/h17-20,29,32,34-35,38,40,42-43,50H,12-16,21-28,30-31H2,1-11H3,(H,51,56)(H,59,60)/b33-29+/t34?,35?,38-,40?,42-,43-/m1/s1. The van der Waals surface area contributed by atoms with Crippen LogP contribution in [0.15, 0.2) is 35.9 Å². The molecule has 1 saturated heterocycles. The lowest BCUT2D eigenvalue weighted by Crippen LogP contribution is -2.61. The van der Waals surface area contributed by atoms with Gasteiger partial charge in [-0.3, -0.25) is 28.9 Å². The second-order valence-electron chi connectivity index (χ2n) is 19.2. The average molecular weight is 931 g/mol. The molecular weight excluding hydrogens is 853 g/mol. The molecule has 65 heavy (non-hydrogen) atoms. The molecule has 3 rings (SSSR count). The summed E-state index contributed by atoms with van der Waals surface area (Å²) in [5, 5.41) is 15.3. The molecule has 1 aliphatic carbocycles. The number of Topliss-reactive ketones (excluding diaryl/α,β-unsaturated/α-hetero) is 1. The number of carbonyl (C=O) groups is 6. The number of hydrogen-bond donors (Lipinski definition) is 3. The normalized spacial score (nSPS) is 19.8. The minimum atomic E-state index is -1.05. The van der Waals surface area contributed by atoms with Crippen molar-refractivity contribution in [1.82, 2.24) is 20.4 Å². The Bertz CT molecular complexity index is 1750. The predicted molar refractivity (Wildman–Crippen MR) is 253 cm³/mol. The molecule has 2 fully saturated rings. The Hall–Kier alpha value is -3.83. The average Bonchev–Trinajstić information content (AvgIpc) is 3.52. The monoisotopic (exact) mass is 931 g/mol. The van der Waals surface area contributed by atoms with Crippen LogP contribution in [0.5, 0.6) is 5.75 Å². The molecule has 0 radical (unpaired) electrons. The second kappa shape index (κ2) is 26.5. The number of carbonyl (C=O) groups excluding carboxylic acids is 5. The first kappa shape index (κ1) is 55.5. The van der Waals surface area contributed by atoms with Gasteiger partial charge in [0, 0.05) is 49.1 Å². The lowest BCUT2D eigenvalue weighted by atomic mass is 9.76. The van der Waals surface area contributed by atoms with Gasteiger partial charge in [-0.15, -0.1) is 11.8 Å². The smallest absolute Gasteiger partial charge is 0.331 e. The largest absolute Gasteiger partial charge is 0.491 e. The molecule has 1 heterocycles. The summed E-state index contributed by atoms with van der Waals surface area (Å²) in [7, 11) is 3.36. The number of hydrogen-bond acceptors (Lipinski definition) is 12. The van der Waals surface area contributed by atoms with Crippen LogP contribution in [0.1, 0.15) is 106 Å². The van der Waals surface area contributed by atoms with Crippen LogP contribution in [-0.2, 0) is 48.4 Å². The number of likely N-dealkylation sites (tertiary alicyclic amines) is 1. The summed E-state index contributed by atoms with van der Waals surface area (Å²) in [6.45, 7) is 20.1. The van der Waals surface area contributed by atoms with Crippen molar-refractivity contribution >= 4 is 47.1 Å². The molecule has 2 aliphatic rings. The van der Waals surface area contributed by atoms with E-state index in [-0.39, 0.29) is 58.6 Å². The highest BCUT2D eigenvalue weighted by Gasteiger charge is 2.43. The first-order valence-electron chi connectivity index (χ1n) is 23.2. The highest BCUT2D eigenvalue weighted by atomic mass is 32.2. The molecule has 4 amide bonds. The summed E-state index contributed by atoms with van der Waals surface area (Å²) in [6, 6.07) is 5.48. The fourth-order valence-electron chi connectivity index (χ4n) is 8.47. The SMILES string of the molecule is CCC(=O)C1CCC(CN2C(=O)CC(SCCOCCOCCOCCOc3ccc(C(C)(C)[C@H](NC)C(=O)N[C@H](C(=O)N(C)[C@H](/C=C(\C)C(=O)O)C(C)C)C(C)(C)C)cc3)C2=O)CC1. The van der Waals surface area contributed by atoms with E-state index in [1.807, 2.05) is 79.7 Å². The van der Waals surface area contributed by atoms with Crippen LogP contribution in [0.25, 0.3) is 0 Å². The number of nitrogens with one attached hydrogen (secondary N) is 2. The zero-order valence-electron chi connectivity index (χ0n) is 40.9. The molecule has 16 heteroatoms. The Balaban J connectivity index is 1.33. The Morgan fingerprint density at radius 2 is 1.46 bits per heavy atom. The number of likely N-dealkylation sites (N-methyl/N-ethyl adjacent to an activating group) is 2. The Morgan fingerprint density at radius 3 is 1.98 bits per heavy atom. The number of nitrogens with zero attached hydrogens (tertiary/aromatic N) is 2. The van der Waals surface area contributed by atoms with E-state index in [1.165, 1.54) is 28.5 Å². The van der Waals surface area contributed by atoms with Gasteiger partial charge < -0.3 is 39.6 Å². The maximum atomic E-state index is 14.0. The Labute approximate surface area is 391 Å². The molecule has 4 atom stereocenters. The van der Waals surface area contributed by atoms with Gasteiger partial charge in [0.2, 0.25) is 23.6 Å². The molecule has 366 valence electrons. The third kappa shape index (κ3) is 16.8. The van der Waals surface area contributed by atoms with Crippen molar-refractivity contribution in [3.63, 3.8) is 0 Å². The first-order valence-corrected chi connectivity index (χ1v) is 24.3. The van der Waals surface area contributed by atoms with E-state index in [0.29, 0.717) is 76.5 Å². The van der Waals surface area contributed by atoms with Crippen molar-refractivity contribution in [3.05, 3.63) is 41.5 Å². The van der Waals surface area contributed by atoms with Crippen molar-refractivity contribution in [1.29, 1.82) is 0 Å². The Kier molecular flexibility index (Phi) is 22.6. The molecule has 1 unspecified atom stereocenters. The molecule has 1 aliphatic heterocycles. The van der Waals surface area contributed by atoms with Gasteiger partial charge >= 0.3 is 5.97 Å². The fraction of sp³-hybridized carbons (Fsp3) is 0.714. The van der Waals surface area contributed by atoms with Crippen LogP contribution in [0.4, 0.5) is 0 Å². The van der Waals surface area contributed by atoms with Crippen LogP contribution >= 0.6 is 11.8 Å². The van der Waals surface area contributed by atoms with Crippen LogP contribution < -0.4 is 15.4 Å². The molecular formula is C49H78N4O11S. The van der Waals surface area contributed by atoms with Crippen molar-refractivity contribution in [2.24, 2.45) is 23.2 Å². The first-order chi connectivity index (χ1) is 30.6. The maximum absolute atomic E-state index is 14.0. The number of carboxylic acids is 1. The number of aliphatic carboxylic acids is 1. The quantitative estimate of drug-likeness (QED) is 0.0530. The lowest BCUT2D eigenvalue weighted by molar-refractivity contribution is -0.141. The Morgan fingerprint density at radius 1 is 0.892 bits per heavy atom. The van der Waals surface area contributed by atoms with E-state index < -0.39 is 34.9 Å². The van der Waals surface area contributed by atoms with Crippen molar-refractivity contribution in [3.8, 4) is 5.75 Å². The molecule has 0 aromatic heterocycles. The number of rotatable bonds is 28. The van der Waals surface area contributed by atoms with Gasteiger partial charge in [0.25, 0.3) is 0 Å². The van der Waals surface area contributed by atoms with E-state index in [2.05, 4.69) is 10.6 Å². The van der Waals surface area contributed by atoms with E-state index >= 15 is 0 Å². The number of ether oxygens (including phenoxy) is 4. The molecule has 1 saturated carbocycles. The lowest BCUT2D eigenvalue weighted by Gasteiger charge is -2.40. The summed E-state index contributed by atoms with van der Waals surface area (Å²) in [5.74, 6) is 0.0284. The van der Waals surface area contributed by atoms with Gasteiger partial charge in [0.15, 0.2) is 0 Å². The van der Waals surface area contributed by atoms with Gasteiger partial charge in [-0.25, -0.2) is 4.79 Å². The van der Waals surface area contributed by atoms with Gasteiger partial charge in [-0.05, 0) is 74.6 Å². The third-order valence-electron chi connectivity index (χ3n) is 12.6. The topological polar surface area (TPSA) is 190 Å². The number of thioether (sulfide) groups is 1. The van der Waals surface area contributed by atoms with E-state index in [9.17, 15) is 33.9 Å². The van der Waals surface area contributed by atoms with E-state index in [1.54, 1.807) is 20.2 Å². The van der Waals surface area contributed by atoms with E-state index in [0.717, 1.165) is 31.2 Å². The van der Waals surface area contributed by atoms with Crippen molar-refractivity contribution in [2.75, 3.05) is 72.6 Å². The number of imide groups is 1. The molecule has 1 aromatic carbocycles. The summed E-state index contributed by atoms with van der Waals surface area (Å²) in [4.78, 5) is 80.1. The number of benzene rings is 1. The van der Waals surface area contributed by atoms with Crippen molar-refractivity contribution < 1.29 is 52.8 Å². The summed E-state index contributed by atoms with van der Waals surface area (Å²) < 4.78 is 22.8. The summed E-state index contributed by atoms with van der Waals surface area (Å²) >= 11 is 1.46. The van der Waals surface area contributed by atoms with Gasteiger partial charge in [-0.2, -0.15) is 0 Å². The highest BCUT2D eigenvalue weighted by molar-refractivity contribution is 8.00. The van der Waals surface area contributed by atoms with Gasteiger partial charge in [-0.1, -0.05) is 73.6 Å². The zero-order valence-corrected chi connectivity index (χ0v) is 41.7. The summed E-state index contributed by atoms with van der Waals surface area (Å²) in [6.07, 6.45) is 5.85. The minimum Gasteiger partial charge on any atom is -0.491 e. The second-order valence-corrected chi connectivity index (χ2v) is 20.6. The minimum absolute atomic E-state index is 0.0638. The van der Waals surface area contributed by atoms with Crippen molar-refractivity contribution in [2.45, 2.75) is 130 Å². The molecule has 0 spiro atoms. The molecule has 15 nitrogen and oxygen atoms in total. The van der Waals surface area contributed by atoms with Crippen LogP contribution in [0.3, 0.4) is 0 Å². The number of amides is 4. The molecule has 0 bridgehead atoms. The number of carboxylic acid groups (broad SMARTS) is 1.